The summed E-state index contributed by atoms with van der Waals surface area (Å²) < 4.78 is 14.2. The van der Waals surface area contributed by atoms with Gasteiger partial charge >= 0.3 is 0 Å². The van der Waals surface area contributed by atoms with Gasteiger partial charge in [0.2, 0.25) is 0 Å². The zero-order valence-corrected chi connectivity index (χ0v) is 15.0. The number of hydrogen-bond donors (Lipinski definition) is 0. The molecule has 2 aliphatic heterocycles. The van der Waals surface area contributed by atoms with Crippen molar-refractivity contribution in [2.24, 2.45) is 0 Å². The maximum Gasteiger partial charge on any atom is 0.135 e. The fourth-order valence-corrected chi connectivity index (χ4v) is 4.14. The first-order valence-electron chi connectivity index (χ1n) is 9.21. The zero-order valence-electron chi connectivity index (χ0n) is 15.0. The van der Waals surface area contributed by atoms with Crippen molar-refractivity contribution >= 4 is 0 Å². The number of aromatic nitrogens is 2. The highest BCUT2D eigenvalue weighted by Gasteiger charge is 2.43. The third kappa shape index (κ3) is 2.77. The van der Waals surface area contributed by atoms with E-state index >= 15 is 0 Å². The summed E-state index contributed by atoms with van der Waals surface area (Å²) in [7, 11) is 0. The Morgan fingerprint density at radius 3 is 2.85 bits per heavy atom. The van der Waals surface area contributed by atoms with Crippen molar-refractivity contribution in [3.05, 3.63) is 66.0 Å². The molecule has 2 aromatic heterocycles. The van der Waals surface area contributed by atoms with Crippen molar-refractivity contribution < 1.29 is 9.15 Å². The molecule has 134 valence electrons. The van der Waals surface area contributed by atoms with E-state index in [1.54, 1.807) is 6.26 Å². The number of imidazole rings is 1. The van der Waals surface area contributed by atoms with Crippen LogP contribution in [0.15, 0.2) is 53.3 Å². The van der Waals surface area contributed by atoms with Gasteiger partial charge in [0.1, 0.15) is 23.8 Å². The van der Waals surface area contributed by atoms with E-state index in [-0.39, 0.29) is 5.60 Å². The molecule has 1 saturated heterocycles. The van der Waals surface area contributed by atoms with E-state index in [0.717, 1.165) is 44.2 Å². The summed E-state index contributed by atoms with van der Waals surface area (Å²) >= 11 is 0. The van der Waals surface area contributed by atoms with Crippen LogP contribution >= 0.6 is 0 Å². The van der Waals surface area contributed by atoms with Crippen LogP contribution in [0.3, 0.4) is 0 Å². The normalized spacial score (nSPS) is 22.8. The van der Waals surface area contributed by atoms with Gasteiger partial charge in [-0.3, -0.25) is 4.90 Å². The lowest BCUT2D eigenvalue weighted by atomic mass is 10.0. The molecule has 0 aliphatic carbocycles. The third-order valence-electron chi connectivity index (χ3n) is 5.59. The number of benzene rings is 1. The average Bonchev–Trinajstić information content (AvgIpc) is 3.37. The molecule has 0 radical (unpaired) electrons. The number of fused-ring (bicyclic) bond motifs is 1. The molecule has 5 heteroatoms. The number of furan rings is 1. The number of ether oxygens (including phenoxy) is 1. The van der Waals surface area contributed by atoms with E-state index in [1.165, 1.54) is 16.8 Å². The Bertz CT molecular complexity index is 898. The first-order valence-corrected chi connectivity index (χ1v) is 9.21. The molecular formula is C21H23N3O2. The van der Waals surface area contributed by atoms with Gasteiger partial charge in [-0.25, -0.2) is 4.98 Å². The van der Waals surface area contributed by atoms with E-state index in [1.807, 2.05) is 18.3 Å². The third-order valence-corrected chi connectivity index (χ3v) is 5.59. The van der Waals surface area contributed by atoms with Crippen molar-refractivity contribution in [2.75, 3.05) is 13.1 Å². The van der Waals surface area contributed by atoms with Crippen LogP contribution in [0.1, 0.15) is 23.6 Å². The summed E-state index contributed by atoms with van der Waals surface area (Å²) in [5.74, 6) is 2.04. The molecule has 2 aliphatic rings. The quantitative estimate of drug-likeness (QED) is 0.724. The van der Waals surface area contributed by atoms with Crippen LogP contribution in [0.2, 0.25) is 0 Å². The maximum absolute atomic E-state index is 6.32. The molecule has 0 amide bonds. The average molecular weight is 349 g/mol. The molecule has 1 atom stereocenters. The molecule has 1 aromatic carbocycles. The van der Waals surface area contributed by atoms with Crippen molar-refractivity contribution in [1.29, 1.82) is 0 Å². The Morgan fingerprint density at radius 1 is 1.15 bits per heavy atom. The molecular weight excluding hydrogens is 326 g/mol. The number of aryl methyl sites for hydroxylation is 1. The first-order chi connectivity index (χ1) is 12.7. The van der Waals surface area contributed by atoms with Crippen molar-refractivity contribution in [3.8, 4) is 11.3 Å². The second-order valence-corrected chi connectivity index (χ2v) is 7.52. The lowest BCUT2D eigenvalue weighted by Crippen LogP contribution is -2.44. The second-order valence-electron chi connectivity index (χ2n) is 7.52. The highest BCUT2D eigenvalue weighted by molar-refractivity contribution is 5.60. The molecule has 0 saturated carbocycles. The van der Waals surface area contributed by atoms with Gasteiger partial charge in [-0.05, 0) is 31.0 Å². The molecule has 4 heterocycles. The van der Waals surface area contributed by atoms with Gasteiger partial charge in [0.05, 0.1) is 31.2 Å². The van der Waals surface area contributed by atoms with Crippen LogP contribution in [0.5, 0.6) is 0 Å². The SMILES string of the molecule is Cc1ccc(-c2cnc3n2C[C@]2(CCN(Cc4ccco4)C2)OC3)cc1. The Kier molecular flexibility index (Phi) is 3.72. The predicted octanol–water partition coefficient (Wildman–Crippen LogP) is 3.63. The van der Waals surface area contributed by atoms with Gasteiger partial charge in [-0.15, -0.1) is 0 Å². The Labute approximate surface area is 153 Å². The predicted molar refractivity (Wildman–Crippen MR) is 98.5 cm³/mol. The van der Waals surface area contributed by atoms with Crippen LogP contribution in [-0.4, -0.2) is 33.1 Å². The van der Waals surface area contributed by atoms with Crippen molar-refractivity contribution in [1.82, 2.24) is 14.5 Å². The number of rotatable bonds is 3. The lowest BCUT2D eigenvalue weighted by Gasteiger charge is -2.35. The molecule has 5 rings (SSSR count). The molecule has 0 N–H and O–H groups in total. The highest BCUT2D eigenvalue weighted by Crippen LogP contribution is 2.35. The molecule has 1 fully saturated rings. The number of nitrogens with zero attached hydrogens (tertiary/aromatic N) is 3. The van der Waals surface area contributed by atoms with Crippen LogP contribution in [0.25, 0.3) is 11.3 Å². The first kappa shape index (κ1) is 15.9. The van der Waals surface area contributed by atoms with Gasteiger partial charge in [-0.1, -0.05) is 29.8 Å². The van der Waals surface area contributed by atoms with Gasteiger partial charge in [0.25, 0.3) is 0 Å². The van der Waals surface area contributed by atoms with Crippen molar-refractivity contribution in [3.63, 3.8) is 0 Å². The van der Waals surface area contributed by atoms with E-state index < -0.39 is 0 Å². The smallest absolute Gasteiger partial charge is 0.135 e. The Morgan fingerprint density at radius 2 is 2.04 bits per heavy atom. The molecule has 0 unspecified atom stereocenters. The number of hydrogen-bond acceptors (Lipinski definition) is 4. The summed E-state index contributed by atoms with van der Waals surface area (Å²) in [4.78, 5) is 7.02. The Balaban J connectivity index is 1.38. The minimum Gasteiger partial charge on any atom is -0.468 e. The van der Waals surface area contributed by atoms with Gasteiger partial charge in [0.15, 0.2) is 0 Å². The monoisotopic (exact) mass is 349 g/mol. The lowest BCUT2D eigenvalue weighted by molar-refractivity contribution is -0.0823. The van der Waals surface area contributed by atoms with E-state index in [4.69, 9.17) is 9.15 Å². The fourth-order valence-electron chi connectivity index (χ4n) is 4.14. The standard InChI is InChI=1S/C21H23N3O2/c1-16-4-6-17(7-5-16)19-11-22-20-13-26-21(15-24(19)20)8-9-23(14-21)12-18-3-2-10-25-18/h2-7,10-11H,8-9,12-15H2,1H3/t21-/m1/s1. The van der Waals surface area contributed by atoms with Gasteiger partial charge in [-0.2, -0.15) is 0 Å². The second kappa shape index (κ2) is 6.11. The summed E-state index contributed by atoms with van der Waals surface area (Å²) in [5, 5.41) is 0. The Hall–Kier alpha value is -2.37. The van der Waals surface area contributed by atoms with E-state index in [0.29, 0.717) is 6.61 Å². The molecule has 3 aromatic rings. The van der Waals surface area contributed by atoms with Gasteiger partial charge < -0.3 is 13.7 Å². The minimum absolute atomic E-state index is 0.125. The molecule has 5 nitrogen and oxygen atoms in total. The summed E-state index contributed by atoms with van der Waals surface area (Å²) in [6.45, 7) is 6.37. The van der Waals surface area contributed by atoms with Crippen molar-refractivity contribution in [2.45, 2.75) is 38.6 Å². The highest BCUT2D eigenvalue weighted by atomic mass is 16.5. The summed E-state index contributed by atoms with van der Waals surface area (Å²) in [6, 6.07) is 12.7. The maximum atomic E-state index is 6.32. The largest absolute Gasteiger partial charge is 0.468 e. The molecule has 0 bridgehead atoms. The van der Waals surface area contributed by atoms with Crippen LogP contribution in [-0.2, 0) is 24.4 Å². The molecule has 26 heavy (non-hydrogen) atoms. The van der Waals surface area contributed by atoms with E-state index in [9.17, 15) is 0 Å². The zero-order chi connectivity index (χ0) is 17.6. The van der Waals surface area contributed by atoms with E-state index in [2.05, 4.69) is 45.6 Å². The summed E-state index contributed by atoms with van der Waals surface area (Å²) in [6.07, 6.45) is 4.76. The summed E-state index contributed by atoms with van der Waals surface area (Å²) in [5.41, 5.74) is 3.56. The fraction of sp³-hybridized carbons (Fsp3) is 0.381. The van der Waals surface area contributed by atoms with Crippen LogP contribution in [0, 0.1) is 6.92 Å². The van der Waals surface area contributed by atoms with Gasteiger partial charge in [0, 0.05) is 13.1 Å². The molecule has 1 spiro atoms. The number of likely N-dealkylation sites (tertiary alicyclic amines) is 1. The minimum atomic E-state index is -0.125. The van der Waals surface area contributed by atoms with Crippen LogP contribution < -0.4 is 0 Å². The van der Waals surface area contributed by atoms with Crippen LogP contribution in [0.4, 0.5) is 0 Å². The topological polar surface area (TPSA) is 43.4 Å².